The average Bonchev–Trinajstić information content (AvgIpc) is 3.02. The Morgan fingerprint density at radius 2 is 1.71 bits per heavy atom. The van der Waals surface area contributed by atoms with Gasteiger partial charge in [-0.1, -0.05) is 52.1 Å². The fourth-order valence-electron chi connectivity index (χ4n) is 3.25. The first-order chi connectivity index (χ1) is 14.8. The molecule has 6 nitrogen and oxygen atoms in total. The Morgan fingerprint density at radius 3 is 2.32 bits per heavy atom. The fourth-order valence-corrected chi connectivity index (χ4v) is 3.90. The van der Waals surface area contributed by atoms with E-state index in [0.717, 1.165) is 29.1 Å². The number of carbonyl (C=O) groups excluding carboxylic acids is 1. The number of hydrogen-bond acceptors (Lipinski definition) is 4. The second kappa shape index (κ2) is 10.8. The van der Waals surface area contributed by atoms with Crippen LogP contribution >= 0.6 is 34.8 Å². The molecule has 3 aromatic rings. The van der Waals surface area contributed by atoms with E-state index in [1.54, 1.807) is 18.2 Å². The van der Waals surface area contributed by atoms with Gasteiger partial charge in [0.25, 0.3) is 0 Å². The van der Waals surface area contributed by atoms with E-state index in [2.05, 4.69) is 21.1 Å². The molecule has 3 rings (SSSR count). The number of halogens is 3. The molecule has 2 aromatic carbocycles. The Balaban J connectivity index is 1.62. The van der Waals surface area contributed by atoms with Crippen LogP contribution in [0.2, 0.25) is 15.1 Å². The maximum Gasteiger partial charge on any atom is 0.319 e. The van der Waals surface area contributed by atoms with E-state index in [0.29, 0.717) is 33.8 Å². The van der Waals surface area contributed by atoms with Gasteiger partial charge in [-0.15, -0.1) is 0 Å². The van der Waals surface area contributed by atoms with Crippen LogP contribution in [0.25, 0.3) is 0 Å². The van der Waals surface area contributed by atoms with Crippen LogP contribution in [-0.2, 0) is 0 Å². The van der Waals surface area contributed by atoms with Gasteiger partial charge in [-0.2, -0.15) is 0 Å². The first-order valence-corrected chi connectivity index (χ1v) is 10.9. The minimum absolute atomic E-state index is 0.0685. The Bertz CT molecular complexity index is 998. The smallest absolute Gasteiger partial charge is 0.319 e. The Kier molecular flexibility index (Phi) is 8.07. The van der Waals surface area contributed by atoms with Crippen LogP contribution in [0.15, 0.2) is 47.0 Å². The molecule has 0 saturated heterocycles. The molecule has 0 spiro atoms. The largest absolute Gasteiger partial charge is 0.381 e. The molecule has 1 aromatic heterocycles. The highest BCUT2D eigenvalue weighted by atomic mass is 35.5. The normalized spacial score (nSPS) is 11.8. The highest BCUT2D eigenvalue weighted by Gasteiger charge is 2.15. The molecule has 0 saturated carbocycles. The van der Waals surface area contributed by atoms with Gasteiger partial charge in [0.1, 0.15) is 11.4 Å². The minimum Gasteiger partial charge on any atom is -0.381 e. The number of aryl methyl sites for hydroxylation is 2. The van der Waals surface area contributed by atoms with Crippen molar-refractivity contribution in [1.29, 1.82) is 0 Å². The zero-order valence-electron chi connectivity index (χ0n) is 17.1. The molecule has 1 unspecified atom stereocenters. The van der Waals surface area contributed by atoms with Gasteiger partial charge in [0.05, 0.1) is 0 Å². The molecule has 9 heteroatoms. The number of benzene rings is 2. The summed E-state index contributed by atoms with van der Waals surface area (Å²) in [6, 6.07) is 12.2. The van der Waals surface area contributed by atoms with E-state index < -0.39 is 0 Å². The Hall–Kier alpha value is -2.41. The number of nitrogens with zero attached hydrogens (tertiary/aromatic N) is 1. The predicted molar refractivity (Wildman–Crippen MR) is 127 cm³/mol. The fraction of sp³-hybridized carbons (Fsp3) is 0.273. The summed E-state index contributed by atoms with van der Waals surface area (Å²) in [6.45, 7) is 4.88. The molecular formula is C22H23Cl3N4O2. The topological polar surface area (TPSA) is 79.2 Å². The Labute approximate surface area is 196 Å². The summed E-state index contributed by atoms with van der Waals surface area (Å²) < 4.78 is 5.19. The van der Waals surface area contributed by atoms with E-state index in [9.17, 15) is 4.79 Å². The van der Waals surface area contributed by atoms with E-state index in [1.807, 2.05) is 38.1 Å². The maximum atomic E-state index is 12.4. The molecule has 0 fully saturated rings. The van der Waals surface area contributed by atoms with Gasteiger partial charge in [-0.25, -0.2) is 4.79 Å². The number of rotatable bonds is 8. The summed E-state index contributed by atoms with van der Waals surface area (Å²) in [6.07, 6.45) is 0.773. The van der Waals surface area contributed by atoms with Crippen LogP contribution < -0.4 is 16.0 Å². The molecule has 2 amide bonds. The lowest BCUT2D eigenvalue weighted by Gasteiger charge is -2.19. The molecule has 0 radical (unpaired) electrons. The van der Waals surface area contributed by atoms with Crippen LogP contribution in [0.1, 0.15) is 29.4 Å². The van der Waals surface area contributed by atoms with E-state index in [1.165, 1.54) is 0 Å². The van der Waals surface area contributed by atoms with Crippen molar-refractivity contribution in [3.63, 3.8) is 0 Å². The monoisotopic (exact) mass is 480 g/mol. The second-order valence-electron chi connectivity index (χ2n) is 7.16. The zero-order chi connectivity index (χ0) is 22.4. The minimum atomic E-state index is -0.337. The molecule has 1 atom stereocenters. The van der Waals surface area contributed by atoms with Crippen molar-refractivity contribution in [3.8, 4) is 0 Å². The summed E-state index contributed by atoms with van der Waals surface area (Å²) >= 11 is 18.0. The molecule has 3 N–H and O–H groups in total. The van der Waals surface area contributed by atoms with Crippen molar-refractivity contribution in [2.24, 2.45) is 0 Å². The SMILES string of the molecule is Cc1noc(C)c1NCCC(CNC(=O)Nc1cc(Cl)cc(Cl)c1)c1ccc(Cl)cc1. The third-order valence-electron chi connectivity index (χ3n) is 4.80. The summed E-state index contributed by atoms with van der Waals surface area (Å²) in [5.41, 5.74) is 3.32. The van der Waals surface area contributed by atoms with Crippen LogP contribution in [0.4, 0.5) is 16.2 Å². The summed E-state index contributed by atoms with van der Waals surface area (Å²) in [5.74, 6) is 0.817. The number of carbonyl (C=O) groups is 1. The first-order valence-electron chi connectivity index (χ1n) is 9.75. The number of nitrogens with one attached hydrogen (secondary N) is 3. The molecular weight excluding hydrogens is 459 g/mol. The molecule has 0 bridgehead atoms. The number of aromatic nitrogens is 1. The van der Waals surface area contributed by atoms with Crippen LogP contribution in [0.3, 0.4) is 0 Å². The lowest BCUT2D eigenvalue weighted by molar-refractivity contribution is 0.251. The lowest BCUT2D eigenvalue weighted by Crippen LogP contribution is -2.33. The maximum absolute atomic E-state index is 12.4. The van der Waals surface area contributed by atoms with Crippen LogP contribution in [0.5, 0.6) is 0 Å². The van der Waals surface area contributed by atoms with Gasteiger partial charge in [-0.05, 0) is 56.2 Å². The molecule has 0 aliphatic carbocycles. The first kappa shape index (κ1) is 23.3. The third-order valence-corrected chi connectivity index (χ3v) is 5.49. The van der Waals surface area contributed by atoms with Crippen molar-refractivity contribution < 1.29 is 9.32 Å². The predicted octanol–water partition coefficient (Wildman–Crippen LogP) is 6.66. The number of anilines is 2. The van der Waals surface area contributed by atoms with Crippen molar-refractivity contribution in [2.75, 3.05) is 23.7 Å². The van der Waals surface area contributed by atoms with Gasteiger partial charge < -0.3 is 20.5 Å². The summed E-state index contributed by atoms with van der Waals surface area (Å²) in [7, 11) is 0. The summed E-state index contributed by atoms with van der Waals surface area (Å²) in [5, 5.41) is 14.6. The van der Waals surface area contributed by atoms with Crippen molar-refractivity contribution in [2.45, 2.75) is 26.2 Å². The van der Waals surface area contributed by atoms with Crippen LogP contribution in [-0.4, -0.2) is 24.3 Å². The van der Waals surface area contributed by atoms with Crippen molar-refractivity contribution in [1.82, 2.24) is 10.5 Å². The van der Waals surface area contributed by atoms with Crippen LogP contribution in [0, 0.1) is 13.8 Å². The van der Waals surface area contributed by atoms with E-state index >= 15 is 0 Å². The highest BCUT2D eigenvalue weighted by molar-refractivity contribution is 6.35. The standard InChI is InChI=1S/C22H23Cl3N4O2/c1-13-21(14(2)31-29-13)26-8-7-16(15-3-5-17(23)6-4-15)12-27-22(30)28-20-10-18(24)9-19(25)11-20/h3-6,9-11,16,26H,7-8,12H2,1-2H3,(H2,27,28,30). The van der Waals surface area contributed by atoms with Gasteiger partial charge >= 0.3 is 6.03 Å². The van der Waals surface area contributed by atoms with Gasteiger partial charge in [0.15, 0.2) is 5.76 Å². The molecule has 0 aliphatic rings. The van der Waals surface area contributed by atoms with Gasteiger partial charge in [0.2, 0.25) is 0 Å². The number of urea groups is 1. The average molecular weight is 482 g/mol. The second-order valence-corrected chi connectivity index (χ2v) is 8.47. The van der Waals surface area contributed by atoms with Crippen molar-refractivity contribution in [3.05, 3.63) is 74.6 Å². The molecule has 164 valence electrons. The van der Waals surface area contributed by atoms with E-state index in [-0.39, 0.29) is 11.9 Å². The summed E-state index contributed by atoms with van der Waals surface area (Å²) in [4.78, 5) is 12.4. The quantitative estimate of drug-likeness (QED) is 0.336. The van der Waals surface area contributed by atoms with Gasteiger partial charge in [0, 0.05) is 39.8 Å². The molecule has 31 heavy (non-hydrogen) atoms. The Morgan fingerprint density at radius 1 is 1.03 bits per heavy atom. The highest BCUT2D eigenvalue weighted by Crippen LogP contribution is 2.24. The number of amides is 2. The van der Waals surface area contributed by atoms with Crippen molar-refractivity contribution >= 4 is 52.2 Å². The van der Waals surface area contributed by atoms with E-state index in [4.69, 9.17) is 39.3 Å². The third kappa shape index (κ3) is 6.79. The van der Waals surface area contributed by atoms with Gasteiger partial charge in [-0.3, -0.25) is 0 Å². The molecule has 1 heterocycles. The lowest BCUT2D eigenvalue weighted by atomic mass is 9.95. The zero-order valence-corrected chi connectivity index (χ0v) is 19.4. The number of hydrogen-bond donors (Lipinski definition) is 3. The molecule has 0 aliphatic heterocycles.